The zero-order valence-electron chi connectivity index (χ0n) is 7.03. The van der Waals surface area contributed by atoms with Crippen LogP contribution in [0.1, 0.15) is 0 Å². The summed E-state index contributed by atoms with van der Waals surface area (Å²) in [6, 6.07) is 3.04. The second-order valence-electron chi connectivity index (χ2n) is 2.45. The quantitative estimate of drug-likeness (QED) is 0.614. The normalized spacial score (nSPS) is 14.3. The third-order valence-corrected chi connectivity index (χ3v) is 2.07. The highest BCUT2D eigenvalue weighted by molar-refractivity contribution is 7.45. The lowest BCUT2D eigenvalue weighted by Crippen LogP contribution is -2.06. The molecule has 7 nitrogen and oxygen atoms in total. The Kier molecular flexibility index (Phi) is 3.31. The molecule has 1 aromatic carbocycles. The molecule has 0 aromatic heterocycles. The number of phosphoric ester groups is 1. The lowest BCUT2D eigenvalue weighted by atomic mass is 10.3. The molecular weight excluding hydrogens is 248 g/mol. The van der Waals surface area contributed by atoms with Gasteiger partial charge in [-0.15, -0.1) is 0 Å². The minimum atomic E-state index is -4.94. The Morgan fingerprint density at radius 3 is 2.53 bits per heavy atom. The molecule has 82 valence electrons. The second kappa shape index (κ2) is 4.16. The highest BCUT2D eigenvalue weighted by Gasteiger charge is 2.16. The van der Waals surface area contributed by atoms with E-state index in [-0.39, 0.29) is 16.5 Å². The van der Waals surface area contributed by atoms with Gasteiger partial charge in [0.2, 0.25) is 0 Å². The molecule has 0 fully saturated rings. The molecule has 1 atom stereocenters. The molecule has 0 spiro atoms. The van der Waals surface area contributed by atoms with Gasteiger partial charge < -0.3 is 14.3 Å². The summed E-state index contributed by atoms with van der Waals surface area (Å²) in [5.41, 5.74) is -0.203. The number of hydrogen-bond donors (Lipinski definition) is 2. The Morgan fingerprint density at radius 2 is 2.13 bits per heavy atom. The van der Waals surface area contributed by atoms with Crippen molar-refractivity contribution in [3.63, 3.8) is 0 Å². The number of nitrogens with zero attached hydrogens (tertiary/aromatic N) is 1. The summed E-state index contributed by atoms with van der Waals surface area (Å²) in [7, 11) is -4.94. The van der Waals surface area contributed by atoms with Gasteiger partial charge in [0.25, 0.3) is 4.92 Å². The Balaban J connectivity index is 3.04. The summed E-state index contributed by atoms with van der Waals surface area (Å²) in [5.74, 6) is -0.344. The SMILES string of the molecule is O=[N+](O)c1ccc(OP(=O)([O-])O)c(Cl)c1. The van der Waals surface area contributed by atoms with Crippen molar-refractivity contribution >= 4 is 25.1 Å². The molecule has 0 aliphatic rings. The maximum absolute atomic E-state index is 10.4. The number of halogens is 1. The van der Waals surface area contributed by atoms with Gasteiger partial charge in [0.05, 0.1) is 9.93 Å². The van der Waals surface area contributed by atoms with Crippen molar-refractivity contribution in [2.24, 2.45) is 0 Å². The monoisotopic (exact) mass is 253 g/mol. The van der Waals surface area contributed by atoms with Gasteiger partial charge in [-0.25, -0.2) is 5.21 Å². The van der Waals surface area contributed by atoms with Gasteiger partial charge in [0.1, 0.15) is 5.75 Å². The smallest absolute Gasteiger partial charge is 0.318 e. The maximum Gasteiger partial charge on any atom is 0.318 e. The molecule has 0 radical (unpaired) electrons. The predicted octanol–water partition coefficient (Wildman–Crippen LogP) is 0.979. The van der Waals surface area contributed by atoms with E-state index in [2.05, 4.69) is 4.52 Å². The molecule has 1 aromatic rings. The molecule has 0 aliphatic heterocycles. The summed E-state index contributed by atoms with van der Waals surface area (Å²) in [6.07, 6.45) is 0. The lowest BCUT2D eigenvalue weighted by Gasteiger charge is -2.16. The summed E-state index contributed by atoms with van der Waals surface area (Å²) < 4.78 is 14.4. The van der Waals surface area contributed by atoms with Crippen LogP contribution in [0.15, 0.2) is 18.2 Å². The third-order valence-electron chi connectivity index (χ3n) is 1.35. The van der Waals surface area contributed by atoms with Gasteiger partial charge in [-0.1, -0.05) is 11.6 Å². The van der Waals surface area contributed by atoms with E-state index in [1.54, 1.807) is 0 Å². The molecule has 2 N–H and O–H groups in total. The van der Waals surface area contributed by atoms with Crippen LogP contribution in [0, 0.1) is 4.91 Å². The highest BCUT2D eigenvalue weighted by Crippen LogP contribution is 2.38. The Hall–Kier alpha value is -1.14. The van der Waals surface area contributed by atoms with E-state index in [0.717, 1.165) is 18.2 Å². The fourth-order valence-corrected chi connectivity index (χ4v) is 1.48. The molecule has 1 rings (SSSR count). The first kappa shape index (κ1) is 11.9. The molecule has 0 bridgehead atoms. The minimum absolute atomic E-state index is 0.203. The van der Waals surface area contributed by atoms with Crippen molar-refractivity contribution in [3.8, 4) is 5.75 Å². The van der Waals surface area contributed by atoms with Crippen LogP contribution in [0.4, 0.5) is 5.69 Å². The van der Waals surface area contributed by atoms with E-state index < -0.39 is 12.7 Å². The molecule has 9 heteroatoms. The first-order chi connectivity index (χ1) is 6.79. The van der Waals surface area contributed by atoms with Crippen molar-refractivity contribution < 1.29 is 29.0 Å². The average molecular weight is 254 g/mol. The summed E-state index contributed by atoms with van der Waals surface area (Å²) >= 11 is 5.51. The highest BCUT2D eigenvalue weighted by atomic mass is 35.5. The van der Waals surface area contributed by atoms with Gasteiger partial charge in [-0.2, -0.15) is 0 Å². The third kappa shape index (κ3) is 3.49. The van der Waals surface area contributed by atoms with E-state index in [0.29, 0.717) is 0 Å². The Labute approximate surface area is 88.6 Å². The van der Waals surface area contributed by atoms with Gasteiger partial charge in [-0.05, 0) is 6.07 Å². The molecule has 0 aliphatic carbocycles. The van der Waals surface area contributed by atoms with Crippen LogP contribution in [-0.4, -0.2) is 15.0 Å². The van der Waals surface area contributed by atoms with Gasteiger partial charge >= 0.3 is 13.5 Å². The number of hydrogen-bond acceptors (Lipinski definition) is 4. The second-order valence-corrected chi connectivity index (χ2v) is 3.97. The van der Waals surface area contributed by atoms with Crippen LogP contribution >= 0.6 is 19.4 Å². The Bertz CT molecular complexity index is 443. The van der Waals surface area contributed by atoms with E-state index in [9.17, 15) is 14.4 Å². The van der Waals surface area contributed by atoms with Crippen molar-refractivity contribution in [2.45, 2.75) is 0 Å². The van der Waals surface area contributed by atoms with E-state index >= 15 is 0 Å². The standard InChI is InChI=1S/C6H5ClNO6P/c7-5-3-4(8(9)10)1-2-6(5)14-15(11,12)13/h1-3H,(H2-,9,10,11,12,13). The summed E-state index contributed by atoms with van der Waals surface area (Å²) in [5, 5.41) is 8.24. The maximum atomic E-state index is 10.4. The van der Waals surface area contributed by atoms with E-state index in [4.69, 9.17) is 21.7 Å². The van der Waals surface area contributed by atoms with Crippen molar-refractivity contribution in [1.82, 2.24) is 0 Å². The average Bonchev–Trinajstić information content (AvgIpc) is 2.05. The first-order valence-corrected chi connectivity index (χ1v) is 5.36. The fraction of sp³-hybridized carbons (Fsp3) is 0. The topological polar surface area (TPSA) is 110 Å². The summed E-state index contributed by atoms with van der Waals surface area (Å²) in [6.45, 7) is 0. The number of rotatable bonds is 3. The zero-order valence-corrected chi connectivity index (χ0v) is 8.68. The van der Waals surface area contributed by atoms with Crippen LogP contribution in [0.2, 0.25) is 5.02 Å². The first-order valence-electron chi connectivity index (χ1n) is 3.49. The fourth-order valence-electron chi connectivity index (χ4n) is 0.807. The molecule has 15 heavy (non-hydrogen) atoms. The zero-order chi connectivity index (χ0) is 11.6. The van der Waals surface area contributed by atoms with Crippen LogP contribution in [0.25, 0.3) is 0 Å². The summed E-state index contributed by atoms with van der Waals surface area (Å²) in [4.78, 5) is 28.7. The number of phosphoric acid groups is 1. The van der Waals surface area contributed by atoms with Crippen LogP contribution in [0.3, 0.4) is 0 Å². The number of benzene rings is 1. The molecule has 0 amide bonds. The predicted molar refractivity (Wildman–Crippen MR) is 47.0 cm³/mol. The van der Waals surface area contributed by atoms with Crippen molar-refractivity contribution in [2.75, 3.05) is 0 Å². The van der Waals surface area contributed by atoms with E-state index in [1.165, 1.54) is 0 Å². The van der Waals surface area contributed by atoms with Gasteiger partial charge in [0, 0.05) is 12.1 Å². The molecule has 0 saturated carbocycles. The largest absolute Gasteiger partial charge is 0.746 e. The molecule has 0 heterocycles. The van der Waals surface area contributed by atoms with Crippen LogP contribution in [-0.2, 0) is 4.57 Å². The lowest BCUT2D eigenvalue weighted by molar-refractivity contribution is -0.729. The van der Waals surface area contributed by atoms with Gasteiger partial charge in [0.15, 0.2) is 0 Å². The minimum Gasteiger partial charge on any atom is -0.746 e. The molecular formula is C6H5ClNO6P. The van der Waals surface area contributed by atoms with E-state index in [1.807, 2.05) is 0 Å². The van der Waals surface area contributed by atoms with Crippen LogP contribution in [0.5, 0.6) is 5.75 Å². The molecule has 0 saturated heterocycles. The van der Waals surface area contributed by atoms with Crippen molar-refractivity contribution in [3.05, 3.63) is 28.1 Å². The molecule has 1 unspecified atom stereocenters. The van der Waals surface area contributed by atoms with Crippen molar-refractivity contribution in [1.29, 1.82) is 0 Å². The Morgan fingerprint density at radius 1 is 1.53 bits per heavy atom. The van der Waals surface area contributed by atoms with Crippen LogP contribution < -0.4 is 9.42 Å². The van der Waals surface area contributed by atoms with Gasteiger partial charge in [-0.3, -0.25) is 4.57 Å².